The van der Waals surface area contributed by atoms with Gasteiger partial charge in [0.2, 0.25) is 5.91 Å². The van der Waals surface area contributed by atoms with Crippen LogP contribution in [0.4, 0.5) is 0 Å². The van der Waals surface area contributed by atoms with E-state index in [1.165, 1.54) is 0 Å². The summed E-state index contributed by atoms with van der Waals surface area (Å²) in [4.78, 5) is 20.8. The van der Waals surface area contributed by atoms with Crippen LogP contribution in [0.1, 0.15) is 6.42 Å². The molecule has 0 rings (SSSR count). The molecule has 0 atom stereocenters. The zero-order chi connectivity index (χ0) is 10.1. The highest BCUT2D eigenvalue weighted by Crippen LogP contribution is 1.71. The molecule has 0 unspecified atom stereocenters. The van der Waals surface area contributed by atoms with Crippen LogP contribution in [-0.4, -0.2) is 36.6 Å². The number of hydrogen-bond donors (Lipinski definition) is 3. The van der Waals surface area contributed by atoms with Gasteiger partial charge in [0.05, 0.1) is 25.6 Å². The first-order valence-electron chi connectivity index (χ1n) is 3.73. The van der Waals surface area contributed by atoms with Crippen molar-refractivity contribution in [1.29, 1.82) is 5.26 Å². The van der Waals surface area contributed by atoms with Crippen molar-refractivity contribution < 1.29 is 14.7 Å². The molecule has 0 aliphatic heterocycles. The van der Waals surface area contributed by atoms with Crippen LogP contribution in [0.3, 0.4) is 0 Å². The van der Waals surface area contributed by atoms with Gasteiger partial charge in [0.25, 0.3) is 0 Å². The zero-order valence-corrected chi connectivity index (χ0v) is 7.04. The van der Waals surface area contributed by atoms with Crippen molar-refractivity contribution in [1.82, 2.24) is 10.6 Å². The third-order valence-corrected chi connectivity index (χ3v) is 1.12. The Morgan fingerprint density at radius 3 is 2.62 bits per heavy atom. The normalized spacial score (nSPS) is 8.85. The Bertz CT molecular complexity index is 222. The van der Waals surface area contributed by atoms with Gasteiger partial charge in [-0.05, 0) is 0 Å². The molecule has 0 aromatic heterocycles. The van der Waals surface area contributed by atoms with E-state index in [0.717, 1.165) is 0 Å². The van der Waals surface area contributed by atoms with Crippen LogP contribution in [0.25, 0.3) is 0 Å². The zero-order valence-electron chi connectivity index (χ0n) is 7.04. The molecule has 0 bridgehead atoms. The summed E-state index contributed by atoms with van der Waals surface area (Å²) in [5, 5.41) is 21.2. The number of carbonyl (C=O) groups is 2. The smallest absolute Gasteiger partial charge is 0.317 e. The highest BCUT2D eigenvalue weighted by molar-refractivity contribution is 5.78. The topological polar surface area (TPSA) is 102 Å². The lowest BCUT2D eigenvalue weighted by Gasteiger charge is -2.02. The molecule has 0 aromatic carbocycles. The van der Waals surface area contributed by atoms with E-state index in [2.05, 4.69) is 10.6 Å². The maximum atomic E-state index is 10.8. The van der Waals surface area contributed by atoms with Gasteiger partial charge in [-0.2, -0.15) is 5.26 Å². The predicted molar refractivity (Wildman–Crippen MR) is 43.7 cm³/mol. The highest BCUT2D eigenvalue weighted by Gasteiger charge is 2.00. The number of aliphatic carboxylic acids is 1. The lowest BCUT2D eigenvalue weighted by molar-refractivity contribution is -0.136. The number of amides is 1. The maximum absolute atomic E-state index is 10.8. The molecule has 0 saturated carbocycles. The number of rotatable bonds is 6. The third-order valence-electron chi connectivity index (χ3n) is 1.12. The van der Waals surface area contributed by atoms with Crippen LogP contribution in [0, 0.1) is 11.3 Å². The van der Waals surface area contributed by atoms with Crippen molar-refractivity contribution in [2.45, 2.75) is 6.42 Å². The summed E-state index contributed by atoms with van der Waals surface area (Å²) in [7, 11) is 0. The molecule has 3 N–H and O–H groups in total. The lowest BCUT2D eigenvalue weighted by atomic mass is 10.4. The number of nitrogens with one attached hydrogen (secondary N) is 2. The Morgan fingerprint density at radius 1 is 1.38 bits per heavy atom. The number of carbonyl (C=O) groups excluding carboxylic acids is 1. The number of carboxylic acids is 1. The van der Waals surface area contributed by atoms with Gasteiger partial charge in [-0.25, -0.2) is 0 Å². The van der Waals surface area contributed by atoms with E-state index in [1.54, 1.807) is 0 Å². The molecule has 72 valence electrons. The number of nitriles is 1. The van der Waals surface area contributed by atoms with E-state index >= 15 is 0 Å². The maximum Gasteiger partial charge on any atom is 0.317 e. The van der Waals surface area contributed by atoms with Gasteiger partial charge in [-0.3, -0.25) is 14.9 Å². The molecule has 0 radical (unpaired) electrons. The summed E-state index contributed by atoms with van der Waals surface area (Å²) in [6.07, 6.45) is 0.255. The first-order chi connectivity index (χ1) is 6.16. The van der Waals surface area contributed by atoms with Crippen LogP contribution >= 0.6 is 0 Å². The largest absolute Gasteiger partial charge is 0.480 e. The van der Waals surface area contributed by atoms with E-state index < -0.39 is 5.97 Å². The van der Waals surface area contributed by atoms with Crippen molar-refractivity contribution in [2.75, 3.05) is 19.6 Å². The molecule has 0 heterocycles. The standard InChI is InChI=1S/C7H11N3O3/c8-2-1-3-10-6(11)4-9-5-7(12)13/h9H,1,3-5H2,(H,10,11)(H,12,13). The van der Waals surface area contributed by atoms with Gasteiger partial charge in [-0.1, -0.05) is 0 Å². The minimum Gasteiger partial charge on any atom is -0.480 e. The first kappa shape index (κ1) is 11.4. The Hall–Kier alpha value is -1.61. The average Bonchev–Trinajstić information content (AvgIpc) is 2.04. The second-order valence-corrected chi connectivity index (χ2v) is 2.26. The van der Waals surface area contributed by atoms with Crippen molar-refractivity contribution in [2.24, 2.45) is 0 Å². The molecule has 6 heteroatoms. The summed E-state index contributed by atoms with van der Waals surface area (Å²) in [6, 6.07) is 1.87. The summed E-state index contributed by atoms with van der Waals surface area (Å²) in [6.45, 7) is 0.00742. The number of carboxylic acid groups (broad SMARTS) is 1. The predicted octanol–water partition coefficient (Wildman–Crippen LogP) is -1.31. The van der Waals surface area contributed by atoms with E-state index in [4.69, 9.17) is 10.4 Å². The first-order valence-corrected chi connectivity index (χ1v) is 3.73. The minimum absolute atomic E-state index is 0.0439. The average molecular weight is 185 g/mol. The molecule has 0 aromatic rings. The van der Waals surface area contributed by atoms with Gasteiger partial charge >= 0.3 is 5.97 Å². The van der Waals surface area contributed by atoms with Crippen LogP contribution in [0.15, 0.2) is 0 Å². The molecule has 0 fully saturated rings. The summed E-state index contributed by atoms with van der Waals surface area (Å²) in [5.74, 6) is -1.32. The van der Waals surface area contributed by atoms with Gasteiger partial charge in [0, 0.05) is 6.54 Å². The Kier molecular flexibility index (Phi) is 6.19. The van der Waals surface area contributed by atoms with Crippen molar-refractivity contribution in [3.63, 3.8) is 0 Å². The second-order valence-electron chi connectivity index (χ2n) is 2.26. The molecular formula is C7H11N3O3. The van der Waals surface area contributed by atoms with Gasteiger partial charge in [-0.15, -0.1) is 0 Å². The van der Waals surface area contributed by atoms with Gasteiger partial charge in [0.1, 0.15) is 0 Å². The molecular weight excluding hydrogens is 174 g/mol. The fraction of sp³-hybridized carbons (Fsp3) is 0.571. The van der Waals surface area contributed by atoms with Crippen LogP contribution in [-0.2, 0) is 9.59 Å². The summed E-state index contributed by atoms with van der Waals surface area (Å²) in [5.41, 5.74) is 0. The Morgan fingerprint density at radius 2 is 2.08 bits per heavy atom. The van der Waals surface area contributed by atoms with Gasteiger partial charge in [0.15, 0.2) is 0 Å². The molecule has 0 aliphatic carbocycles. The number of nitrogens with zero attached hydrogens (tertiary/aromatic N) is 1. The van der Waals surface area contributed by atoms with E-state index in [-0.39, 0.29) is 25.4 Å². The Labute approximate surface area is 75.5 Å². The van der Waals surface area contributed by atoms with E-state index in [9.17, 15) is 9.59 Å². The quantitative estimate of drug-likeness (QED) is 0.446. The van der Waals surface area contributed by atoms with E-state index in [1.807, 2.05) is 6.07 Å². The minimum atomic E-state index is -1.01. The lowest BCUT2D eigenvalue weighted by Crippen LogP contribution is -2.36. The van der Waals surface area contributed by atoms with E-state index in [0.29, 0.717) is 6.54 Å². The van der Waals surface area contributed by atoms with Crippen molar-refractivity contribution in [3.8, 4) is 6.07 Å². The molecule has 1 amide bonds. The number of hydrogen-bond acceptors (Lipinski definition) is 4. The van der Waals surface area contributed by atoms with Crippen molar-refractivity contribution >= 4 is 11.9 Å². The monoisotopic (exact) mass is 185 g/mol. The Balaban J connectivity index is 3.31. The molecule has 0 aliphatic rings. The van der Waals surface area contributed by atoms with Crippen LogP contribution in [0.5, 0.6) is 0 Å². The fourth-order valence-electron chi connectivity index (χ4n) is 0.603. The van der Waals surface area contributed by atoms with Gasteiger partial charge < -0.3 is 10.4 Å². The summed E-state index contributed by atoms with van der Waals surface area (Å²) >= 11 is 0. The molecule has 13 heavy (non-hydrogen) atoms. The summed E-state index contributed by atoms with van der Waals surface area (Å²) < 4.78 is 0. The molecule has 0 spiro atoms. The molecule has 6 nitrogen and oxygen atoms in total. The second kappa shape index (κ2) is 7.06. The van der Waals surface area contributed by atoms with Crippen molar-refractivity contribution in [3.05, 3.63) is 0 Å². The highest BCUT2D eigenvalue weighted by atomic mass is 16.4. The fourth-order valence-corrected chi connectivity index (χ4v) is 0.603. The van der Waals surface area contributed by atoms with Crippen LogP contribution in [0.2, 0.25) is 0 Å². The van der Waals surface area contributed by atoms with Crippen LogP contribution < -0.4 is 10.6 Å². The third kappa shape index (κ3) is 8.29. The SMILES string of the molecule is N#CCCNC(=O)CNCC(=O)O. The molecule has 0 saturated heterocycles.